The predicted octanol–water partition coefficient (Wildman–Crippen LogP) is 6.47. The van der Waals surface area contributed by atoms with Crippen molar-refractivity contribution in [3.63, 3.8) is 0 Å². The van der Waals surface area contributed by atoms with E-state index in [1.807, 2.05) is 66.7 Å². The quantitative estimate of drug-likeness (QED) is 0.518. The lowest BCUT2D eigenvalue weighted by Gasteiger charge is -2.11. The van der Waals surface area contributed by atoms with Gasteiger partial charge in [-0.15, -0.1) is 0 Å². The summed E-state index contributed by atoms with van der Waals surface area (Å²) in [6.45, 7) is 4.44. The molecule has 0 atom stereocenters. The summed E-state index contributed by atoms with van der Waals surface area (Å²) in [5, 5.41) is 0. The van der Waals surface area contributed by atoms with Gasteiger partial charge in [-0.05, 0) is 54.3 Å². The maximum Gasteiger partial charge on any atom is 0.131 e. The summed E-state index contributed by atoms with van der Waals surface area (Å²) in [6.07, 6.45) is 1.05. The molecular weight excluding hydrogens is 296 g/mol. The van der Waals surface area contributed by atoms with Gasteiger partial charge in [-0.25, -0.2) is 0 Å². The van der Waals surface area contributed by atoms with E-state index in [-0.39, 0.29) is 0 Å². The number of hydrogen-bond acceptors (Lipinski definition) is 2. The minimum atomic E-state index is 0.628. The molecular formula is C22H22O2. The number of rotatable bonds is 6. The first-order valence-electron chi connectivity index (χ1n) is 8.29. The van der Waals surface area contributed by atoms with Crippen LogP contribution in [0.4, 0.5) is 0 Å². The molecule has 0 amide bonds. The number of hydrogen-bond donors (Lipinski definition) is 0. The molecule has 3 rings (SSSR count). The van der Waals surface area contributed by atoms with E-state index in [0.29, 0.717) is 5.92 Å². The van der Waals surface area contributed by atoms with Crippen LogP contribution in [0.3, 0.4) is 0 Å². The highest BCUT2D eigenvalue weighted by molar-refractivity contribution is 5.40. The summed E-state index contributed by atoms with van der Waals surface area (Å²) in [5.74, 6) is 3.82. The lowest BCUT2D eigenvalue weighted by molar-refractivity contribution is 0.460. The highest BCUT2D eigenvalue weighted by Crippen LogP contribution is 2.28. The molecule has 122 valence electrons. The third kappa shape index (κ3) is 4.63. The minimum absolute atomic E-state index is 0.628. The molecule has 0 aliphatic rings. The predicted molar refractivity (Wildman–Crippen MR) is 98.0 cm³/mol. The molecule has 0 heterocycles. The molecule has 0 aliphatic heterocycles. The highest BCUT2D eigenvalue weighted by Gasteiger charge is 2.03. The third-order valence-corrected chi connectivity index (χ3v) is 3.56. The van der Waals surface area contributed by atoms with Crippen LogP contribution in [-0.2, 0) is 6.42 Å². The van der Waals surface area contributed by atoms with Gasteiger partial charge < -0.3 is 9.47 Å². The van der Waals surface area contributed by atoms with Crippen molar-refractivity contribution < 1.29 is 9.47 Å². The topological polar surface area (TPSA) is 18.5 Å². The van der Waals surface area contributed by atoms with Crippen LogP contribution in [0.2, 0.25) is 0 Å². The SMILES string of the molecule is CC(C)Cc1cccc(Oc2cccc(Oc3ccccc3)c2)c1. The average molecular weight is 318 g/mol. The first-order valence-corrected chi connectivity index (χ1v) is 8.29. The van der Waals surface area contributed by atoms with Crippen LogP contribution in [-0.4, -0.2) is 0 Å². The van der Waals surface area contributed by atoms with Gasteiger partial charge >= 0.3 is 0 Å². The molecule has 0 N–H and O–H groups in total. The summed E-state index contributed by atoms with van der Waals surface area (Å²) in [4.78, 5) is 0. The van der Waals surface area contributed by atoms with E-state index in [0.717, 1.165) is 29.4 Å². The van der Waals surface area contributed by atoms with Crippen molar-refractivity contribution in [2.24, 2.45) is 5.92 Å². The van der Waals surface area contributed by atoms with Crippen LogP contribution < -0.4 is 9.47 Å². The number of benzene rings is 3. The smallest absolute Gasteiger partial charge is 0.131 e. The van der Waals surface area contributed by atoms with Crippen LogP contribution in [0, 0.1) is 5.92 Å². The first kappa shape index (κ1) is 16.1. The Morgan fingerprint density at radius 3 is 1.83 bits per heavy atom. The van der Waals surface area contributed by atoms with Gasteiger partial charge in [-0.2, -0.15) is 0 Å². The van der Waals surface area contributed by atoms with Gasteiger partial charge in [0.2, 0.25) is 0 Å². The Hall–Kier alpha value is -2.74. The van der Waals surface area contributed by atoms with Gasteiger partial charge in [0.05, 0.1) is 0 Å². The fourth-order valence-electron chi connectivity index (χ4n) is 2.57. The fraction of sp³-hybridized carbons (Fsp3) is 0.182. The standard InChI is InChI=1S/C22H22O2/c1-17(2)14-18-8-6-11-20(15-18)24-22-13-7-12-21(16-22)23-19-9-4-3-5-10-19/h3-13,15-17H,14H2,1-2H3. The zero-order chi connectivity index (χ0) is 16.8. The van der Waals surface area contributed by atoms with Gasteiger partial charge in [0, 0.05) is 6.07 Å². The summed E-state index contributed by atoms with van der Waals surface area (Å²) in [7, 11) is 0. The zero-order valence-electron chi connectivity index (χ0n) is 14.1. The second kappa shape index (κ2) is 7.69. The van der Waals surface area contributed by atoms with E-state index < -0.39 is 0 Å². The normalized spacial score (nSPS) is 10.6. The van der Waals surface area contributed by atoms with Crippen molar-refractivity contribution >= 4 is 0 Å². The maximum absolute atomic E-state index is 6.00. The Morgan fingerprint density at radius 1 is 0.625 bits per heavy atom. The highest BCUT2D eigenvalue weighted by atomic mass is 16.5. The van der Waals surface area contributed by atoms with Crippen molar-refractivity contribution in [3.8, 4) is 23.0 Å². The van der Waals surface area contributed by atoms with Crippen molar-refractivity contribution in [2.75, 3.05) is 0 Å². The van der Waals surface area contributed by atoms with Crippen molar-refractivity contribution in [2.45, 2.75) is 20.3 Å². The molecule has 24 heavy (non-hydrogen) atoms. The van der Waals surface area contributed by atoms with Crippen LogP contribution in [0.15, 0.2) is 78.9 Å². The molecule has 0 aliphatic carbocycles. The van der Waals surface area contributed by atoms with Crippen LogP contribution in [0.5, 0.6) is 23.0 Å². The molecule has 0 saturated carbocycles. The zero-order valence-corrected chi connectivity index (χ0v) is 14.1. The summed E-state index contributed by atoms with van der Waals surface area (Å²) >= 11 is 0. The van der Waals surface area contributed by atoms with Gasteiger partial charge in [0.1, 0.15) is 23.0 Å². The van der Waals surface area contributed by atoms with Gasteiger partial charge in [-0.1, -0.05) is 50.2 Å². The molecule has 0 fully saturated rings. The number of para-hydroxylation sites is 1. The van der Waals surface area contributed by atoms with E-state index in [4.69, 9.17) is 9.47 Å². The Kier molecular flexibility index (Phi) is 5.17. The van der Waals surface area contributed by atoms with Crippen LogP contribution in [0.25, 0.3) is 0 Å². The minimum Gasteiger partial charge on any atom is -0.457 e. The molecule has 0 saturated heterocycles. The second-order valence-corrected chi connectivity index (χ2v) is 6.24. The Bertz CT molecular complexity index is 779. The Labute approximate surface area is 143 Å². The molecule has 3 aromatic rings. The average Bonchev–Trinajstić information content (AvgIpc) is 2.56. The van der Waals surface area contributed by atoms with Crippen molar-refractivity contribution in [3.05, 3.63) is 84.4 Å². The first-order chi connectivity index (χ1) is 11.7. The lowest BCUT2D eigenvalue weighted by atomic mass is 10.0. The van der Waals surface area contributed by atoms with E-state index in [1.54, 1.807) is 0 Å². The molecule has 2 nitrogen and oxygen atoms in total. The van der Waals surface area contributed by atoms with E-state index in [1.165, 1.54) is 5.56 Å². The Morgan fingerprint density at radius 2 is 1.17 bits per heavy atom. The molecule has 0 unspecified atom stereocenters. The lowest BCUT2D eigenvalue weighted by Crippen LogP contribution is -1.94. The molecule has 0 bridgehead atoms. The van der Waals surface area contributed by atoms with Crippen LogP contribution in [0.1, 0.15) is 19.4 Å². The van der Waals surface area contributed by atoms with Gasteiger partial charge in [0.25, 0.3) is 0 Å². The van der Waals surface area contributed by atoms with E-state index >= 15 is 0 Å². The Balaban J connectivity index is 1.73. The van der Waals surface area contributed by atoms with E-state index in [9.17, 15) is 0 Å². The molecule has 3 aromatic carbocycles. The monoisotopic (exact) mass is 318 g/mol. The molecule has 0 aromatic heterocycles. The van der Waals surface area contributed by atoms with Crippen LogP contribution >= 0.6 is 0 Å². The fourth-order valence-corrected chi connectivity index (χ4v) is 2.57. The molecule has 2 heteroatoms. The largest absolute Gasteiger partial charge is 0.457 e. The molecule has 0 radical (unpaired) electrons. The van der Waals surface area contributed by atoms with E-state index in [2.05, 4.69) is 26.0 Å². The van der Waals surface area contributed by atoms with Crippen molar-refractivity contribution in [1.29, 1.82) is 0 Å². The summed E-state index contributed by atoms with van der Waals surface area (Å²) in [6, 6.07) is 25.7. The maximum atomic E-state index is 6.00. The van der Waals surface area contributed by atoms with Crippen molar-refractivity contribution in [1.82, 2.24) is 0 Å². The number of ether oxygens (including phenoxy) is 2. The summed E-state index contributed by atoms with van der Waals surface area (Å²) in [5.41, 5.74) is 1.29. The molecule has 0 spiro atoms. The summed E-state index contributed by atoms with van der Waals surface area (Å²) < 4.78 is 11.9. The second-order valence-electron chi connectivity index (χ2n) is 6.24. The third-order valence-electron chi connectivity index (χ3n) is 3.56. The van der Waals surface area contributed by atoms with Gasteiger partial charge in [0.15, 0.2) is 0 Å². The van der Waals surface area contributed by atoms with Gasteiger partial charge in [-0.3, -0.25) is 0 Å².